The van der Waals surface area contributed by atoms with E-state index in [1.54, 1.807) is 30.3 Å². The van der Waals surface area contributed by atoms with Gasteiger partial charge < -0.3 is 15.4 Å². The van der Waals surface area contributed by atoms with Crippen molar-refractivity contribution in [2.75, 3.05) is 13.3 Å². The monoisotopic (exact) mass is 517 g/mol. The van der Waals surface area contributed by atoms with Crippen molar-refractivity contribution < 1.29 is 27.5 Å². The minimum absolute atomic E-state index is 0.00932. The van der Waals surface area contributed by atoms with E-state index in [1.807, 2.05) is 48.5 Å². The van der Waals surface area contributed by atoms with Gasteiger partial charge in [0.1, 0.15) is 12.3 Å². The maximum Gasteiger partial charge on any atom is 0.416 e. The highest BCUT2D eigenvalue weighted by molar-refractivity contribution is 5.93. The Morgan fingerprint density at radius 2 is 1.42 bits per heavy atom. The fourth-order valence-corrected chi connectivity index (χ4v) is 4.50. The number of aromatic nitrogens is 1. The van der Waals surface area contributed by atoms with Crippen LogP contribution in [0.2, 0.25) is 0 Å². The molecular formula is C29H22F3N3O3. The standard InChI is InChI=1S/C29H22F3N3O3/c30-29(31,32)19-14-25(18-8-2-1-3-9-18)35-26(15-19)27(36)33-17-34-28(37)38-16-24-22-12-6-4-10-20(22)21-11-5-7-13-23(21)24/h1-15,24H,16-17H2,(H,33,36)(H,34,37). The Morgan fingerprint density at radius 3 is 2.05 bits per heavy atom. The SMILES string of the molecule is O=C(NCNC(=O)c1cc(C(F)(F)F)cc(-c2ccccc2)n1)OCC1c2ccccc2-c2ccccc21. The van der Waals surface area contributed by atoms with Crippen LogP contribution in [0.15, 0.2) is 91.0 Å². The second-order valence-electron chi connectivity index (χ2n) is 8.68. The molecule has 2 N–H and O–H groups in total. The Bertz CT molecular complexity index is 1440. The number of carbonyl (C=O) groups is 2. The van der Waals surface area contributed by atoms with Gasteiger partial charge in [-0.15, -0.1) is 0 Å². The first-order chi connectivity index (χ1) is 18.3. The van der Waals surface area contributed by atoms with Crippen LogP contribution in [-0.2, 0) is 10.9 Å². The summed E-state index contributed by atoms with van der Waals surface area (Å²) in [7, 11) is 0. The molecule has 0 unspecified atom stereocenters. The van der Waals surface area contributed by atoms with Gasteiger partial charge in [0.15, 0.2) is 0 Å². The van der Waals surface area contributed by atoms with Crippen molar-refractivity contribution in [2.24, 2.45) is 0 Å². The normalized spacial score (nSPS) is 12.4. The summed E-state index contributed by atoms with van der Waals surface area (Å²) in [6.45, 7) is -0.266. The molecule has 0 fully saturated rings. The van der Waals surface area contributed by atoms with Gasteiger partial charge in [0.05, 0.1) is 17.9 Å². The van der Waals surface area contributed by atoms with Crippen LogP contribution in [0.3, 0.4) is 0 Å². The van der Waals surface area contributed by atoms with Crippen LogP contribution < -0.4 is 10.6 Å². The van der Waals surface area contributed by atoms with E-state index in [9.17, 15) is 22.8 Å². The number of hydrogen-bond acceptors (Lipinski definition) is 4. The first-order valence-corrected chi connectivity index (χ1v) is 11.8. The summed E-state index contributed by atoms with van der Waals surface area (Å²) < 4.78 is 45.8. The van der Waals surface area contributed by atoms with Crippen molar-refractivity contribution in [1.29, 1.82) is 0 Å². The van der Waals surface area contributed by atoms with Crippen LogP contribution in [0, 0.1) is 0 Å². The lowest BCUT2D eigenvalue weighted by Gasteiger charge is -2.15. The molecular weight excluding hydrogens is 495 g/mol. The summed E-state index contributed by atoms with van der Waals surface area (Å²) in [4.78, 5) is 29.0. The molecule has 0 radical (unpaired) electrons. The number of ether oxygens (including phenoxy) is 1. The molecule has 2 amide bonds. The number of pyridine rings is 1. The zero-order valence-electron chi connectivity index (χ0n) is 20.0. The van der Waals surface area contributed by atoms with Crippen molar-refractivity contribution >= 4 is 12.0 Å². The minimum Gasteiger partial charge on any atom is -0.449 e. The van der Waals surface area contributed by atoms with Crippen LogP contribution in [0.1, 0.15) is 33.1 Å². The molecule has 1 heterocycles. The Balaban J connectivity index is 1.21. The highest BCUT2D eigenvalue weighted by Crippen LogP contribution is 2.44. The lowest BCUT2D eigenvalue weighted by Crippen LogP contribution is -2.38. The van der Waals surface area contributed by atoms with E-state index in [-0.39, 0.29) is 24.9 Å². The van der Waals surface area contributed by atoms with Crippen LogP contribution in [0.5, 0.6) is 0 Å². The van der Waals surface area contributed by atoms with Gasteiger partial charge in [-0.05, 0) is 34.4 Å². The number of nitrogens with one attached hydrogen (secondary N) is 2. The molecule has 0 saturated heterocycles. The first kappa shape index (κ1) is 25.0. The zero-order chi connectivity index (χ0) is 26.7. The number of amides is 2. The van der Waals surface area contributed by atoms with Crippen molar-refractivity contribution in [2.45, 2.75) is 12.1 Å². The Kier molecular flexibility index (Phi) is 6.83. The van der Waals surface area contributed by atoms with Gasteiger partial charge in [0.2, 0.25) is 0 Å². The minimum atomic E-state index is -4.67. The molecule has 4 aromatic rings. The molecule has 3 aromatic carbocycles. The number of fused-ring (bicyclic) bond motifs is 3. The number of rotatable bonds is 6. The number of carbonyl (C=O) groups excluding carboxylic acids is 2. The van der Waals surface area contributed by atoms with Gasteiger partial charge in [-0.25, -0.2) is 9.78 Å². The molecule has 38 heavy (non-hydrogen) atoms. The predicted octanol–water partition coefficient (Wildman–Crippen LogP) is 5.99. The van der Waals surface area contributed by atoms with E-state index < -0.39 is 29.4 Å². The highest BCUT2D eigenvalue weighted by atomic mass is 19.4. The molecule has 0 atom stereocenters. The van der Waals surface area contributed by atoms with Gasteiger partial charge in [-0.1, -0.05) is 78.9 Å². The molecule has 1 aliphatic carbocycles. The fraction of sp³-hybridized carbons (Fsp3) is 0.138. The Labute approximate surface area is 216 Å². The van der Waals surface area contributed by atoms with E-state index >= 15 is 0 Å². The summed E-state index contributed by atoms with van der Waals surface area (Å²) >= 11 is 0. The van der Waals surface area contributed by atoms with Crippen molar-refractivity contribution in [3.8, 4) is 22.4 Å². The average Bonchev–Trinajstić information content (AvgIpc) is 3.25. The molecule has 1 aromatic heterocycles. The lowest BCUT2D eigenvalue weighted by molar-refractivity contribution is -0.137. The largest absolute Gasteiger partial charge is 0.449 e. The van der Waals surface area contributed by atoms with Gasteiger partial charge in [-0.3, -0.25) is 4.79 Å². The first-order valence-electron chi connectivity index (χ1n) is 11.8. The number of halogens is 3. The molecule has 1 aliphatic rings. The summed E-state index contributed by atoms with van der Waals surface area (Å²) in [5, 5.41) is 4.77. The van der Waals surface area contributed by atoms with E-state index in [4.69, 9.17) is 4.74 Å². The van der Waals surface area contributed by atoms with Gasteiger partial charge in [-0.2, -0.15) is 13.2 Å². The van der Waals surface area contributed by atoms with E-state index in [0.29, 0.717) is 11.6 Å². The zero-order valence-corrected chi connectivity index (χ0v) is 20.0. The third kappa shape index (κ3) is 5.22. The number of hydrogen-bond donors (Lipinski definition) is 2. The third-order valence-corrected chi connectivity index (χ3v) is 6.28. The number of alkyl carbamates (subject to hydrolysis) is 1. The lowest BCUT2D eigenvalue weighted by atomic mass is 9.98. The van der Waals surface area contributed by atoms with Gasteiger partial charge in [0, 0.05) is 11.5 Å². The van der Waals surface area contributed by atoms with Gasteiger partial charge in [0.25, 0.3) is 5.91 Å². The predicted molar refractivity (Wildman–Crippen MR) is 135 cm³/mol. The topological polar surface area (TPSA) is 80.3 Å². The molecule has 5 rings (SSSR count). The maximum atomic E-state index is 13.5. The van der Waals surface area contributed by atoms with E-state index in [1.165, 1.54) is 0 Å². The smallest absolute Gasteiger partial charge is 0.416 e. The molecule has 0 spiro atoms. The van der Waals surface area contributed by atoms with Crippen LogP contribution in [0.4, 0.5) is 18.0 Å². The van der Waals surface area contributed by atoms with Crippen LogP contribution in [-0.4, -0.2) is 30.3 Å². The molecule has 9 heteroatoms. The number of nitrogens with zero attached hydrogens (tertiary/aromatic N) is 1. The second-order valence-corrected chi connectivity index (χ2v) is 8.68. The van der Waals surface area contributed by atoms with Crippen LogP contribution >= 0.6 is 0 Å². The van der Waals surface area contributed by atoms with Crippen molar-refractivity contribution in [3.63, 3.8) is 0 Å². The molecule has 6 nitrogen and oxygen atoms in total. The van der Waals surface area contributed by atoms with Crippen molar-refractivity contribution in [1.82, 2.24) is 15.6 Å². The average molecular weight is 518 g/mol. The summed E-state index contributed by atoms with van der Waals surface area (Å²) in [6.07, 6.45) is -5.43. The molecule has 0 aliphatic heterocycles. The quantitative estimate of drug-likeness (QED) is 0.308. The Morgan fingerprint density at radius 1 is 0.816 bits per heavy atom. The third-order valence-electron chi connectivity index (χ3n) is 6.28. The van der Waals surface area contributed by atoms with Crippen LogP contribution in [0.25, 0.3) is 22.4 Å². The molecule has 0 bridgehead atoms. The second kappa shape index (κ2) is 10.4. The number of alkyl halides is 3. The van der Waals surface area contributed by atoms with E-state index in [0.717, 1.165) is 28.3 Å². The summed E-state index contributed by atoms with van der Waals surface area (Å²) in [5.74, 6) is -0.999. The maximum absolute atomic E-state index is 13.5. The summed E-state index contributed by atoms with van der Waals surface area (Å²) in [6, 6.07) is 25.6. The molecule has 192 valence electrons. The molecule has 0 saturated carbocycles. The Hall–Kier alpha value is -4.66. The van der Waals surface area contributed by atoms with Crippen molar-refractivity contribution in [3.05, 3.63) is 113 Å². The van der Waals surface area contributed by atoms with E-state index in [2.05, 4.69) is 15.6 Å². The summed E-state index contributed by atoms with van der Waals surface area (Å²) in [5.41, 5.74) is 3.31. The highest BCUT2D eigenvalue weighted by Gasteiger charge is 2.33. The van der Waals surface area contributed by atoms with Gasteiger partial charge >= 0.3 is 12.3 Å². The number of benzene rings is 3. The fourth-order valence-electron chi connectivity index (χ4n) is 4.50.